The fourth-order valence-electron chi connectivity index (χ4n) is 2.39. The number of carbonyl (C=O) groups is 1. The largest absolute Gasteiger partial charge is 0.481 e. The second kappa shape index (κ2) is 6.99. The number of carboxylic acid groups (broad SMARTS) is 1. The van der Waals surface area contributed by atoms with Crippen LogP contribution in [-0.2, 0) is 25.3 Å². The average Bonchev–Trinajstić information content (AvgIpc) is 2.53. The number of nitrogens with zero attached hydrogens (tertiary/aromatic N) is 3. The van der Waals surface area contributed by atoms with Gasteiger partial charge in [0.2, 0.25) is 0 Å². The quantitative estimate of drug-likeness (QED) is 0.795. The Morgan fingerprint density at radius 3 is 2.61 bits per heavy atom. The van der Waals surface area contributed by atoms with Crippen LogP contribution in [0.15, 0.2) is 20.7 Å². The molecule has 0 aliphatic carbocycles. The lowest BCUT2D eigenvalue weighted by Gasteiger charge is -2.13. The van der Waals surface area contributed by atoms with E-state index in [1.165, 1.54) is 11.6 Å². The molecular weight excluding hydrogens is 318 g/mol. The molecule has 2 rings (SSSR count). The van der Waals surface area contributed by atoms with Gasteiger partial charge in [0.15, 0.2) is 0 Å². The van der Waals surface area contributed by atoms with Crippen LogP contribution < -0.4 is 11.2 Å². The summed E-state index contributed by atoms with van der Waals surface area (Å²) in [5.74, 6) is -1.10. The third kappa shape index (κ3) is 3.31. The Morgan fingerprint density at radius 1 is 1.30 bits per heavy atom. The van der Waals surface area contributed by atoms with Gasteiger partial charge in [-0.1, -0.05) is 13.3 Å². The summed E-state index contributed by atoms with van der Waals surface area (Å²) < 4.78 is 2.34. The number of aryl methyl sites for hydroxylation is 2. The van der Waals surface area contributed by atoms with Crippen LogP contribution in [0.25, 0.3) is 11.0 Å². The van der Waals surface area contributed by atoms with Crippen LogP contribution in [-0.4, -0.2) is 30.9 Å². The summed E-state index contributed by atoms with van der Waals surface area (Å²) in [6, 6.07) is 0. The maximum Gasteiger partial charge on any atom is 0.332 e. The van der Waals surface area contributed by atoms with Gasteiger partial charge in [-0.25, -0.2) is 9.78 Å². The number of pyridine rings is 1. The number of hydrogen-bond acceptors (Lipinski definition) is 5. The van der Waals surface area contributed by atoms with Gasteiger partial charge in [0.1, 0.15) is 5.65 Å². The minimum atomic E-state index is -0.956. The molecule has 0 aliphatic heterocycles. The first-order valence-corrected chi connectivity index (χ1v) is 8.29. The summed E-state index contributed by atoms with van der Waals surface area (Å²) in [6.07, 6.45) is 4.25. The highest BCUT2D eigenvalue weighted by atomic mass is 32.2. The molecule has 7 nitrogen and oxygen atoms in total. The number of thioether (sulfide) groups is 1. The fraction of sp³-hybridized carbons (Fsp3) is 0.467. The SMILES string of the molecule is CCCCc1cnc2c(c1SCC(=O)O)c(=O)n(C)c(=O)n2C. The highest BCUT2D eigenvalue weighted by molar-refractivity contribution is 8.00. The second-order valence-corrected chi connectivity index (χ2v) is 6.29. The molecule has 0 aliphatic rings. The molecule has 0 bridgehead atoms. The van der Waals surface area contributed by atoms with Crippen molar-refractivity contribution in [3.63, 3.8) is 0 Å². The Kier molecular flexibility index (Phi) is 5.25. The third-order valence-electron chi connectivity index (χ3n) is 3.63. The van der Waals surface area contributed by atoms with Gasteiger partial charge >= 0.3 is 11.7 Å². The molecule has 2 aromatic heterocycles. The average molecular weight is 337 g/mol. The standard InChI is InChI=1S/C15H19N3O4S/c1-4-5-6-9-7-16-13-11(12(9)23-8-10(19)20)14(21)18(3)15(22)17(13)2/h7H,4-6,8H2,1-3H3,(H,19,20). The van der Waals surface area contributed by atoms with Crippen LogP contribution in [0.4, 0.5) is 0 Å². The molecule has 0 aromatic carbocycles. The molecule has 2 aromatic rings. The zero-order chi connectivity index (χ0) is 17.1. The molecule has 0 atom stereocenters. The van der Waals surface area contributed by atoms with E-state index in [4.69, 9.17) is 5.11 Å². The normalized spacial score (nSPS) is 11.1. The number of hydrogen-bond donors (Lipinski definition) is 1. The number of rotatable bonds is 6. The number of aromatic nitrogens is 3. The van der Waals surface area contributed by atoms with E-state index < -0.39 is 17.2 Å². The van der Waals surface area contributed by atoms with Gasteiger partial charge in [-0.3, -0.25) is 18.7 Å². The molecule has 0 unspecified atom stereocenters. The lowest BCUT2D eigenvalue weighted by Crippen LogP contribution is -2.37. The van der Waals surface area contributed by atoms with E-state index >= 15 is 0 Å². The smallest absolute Gasteiger partial charge is 0.332 e. The Labute approximate surface area is 137 Å². The van der Waals surface area contributed by atoms with Gasteiger partial charge < -0.3 is 5.11 Å². The van der Waals surface area contributed by atoms with Crippen LogP contribution in [0.5, 0.6) is 0 Å². The highest BCUT2D eigenvalue weighted by Gasteiger charge is 2.18. The van der Waals surface area contributed by atoms with E-state index in [2.05, 4.69) is 11.9 Å². The van der Waals surface area contributed by atoms with Crippen LogP contribution in [0, 0.1) is 0 Å². The minimum Gasteiger partial charge on any atom is -0.481 e. The van der Waals surface area contributed by atoms with Crippen LogP contribution in [0.1, 0.15) is 25.3 Å². The van der Waals surface area contributed by atoms with Gasteiger partial charge in [-0.05, 0) is 18.4 Å². The maximum absolute atomic E-state index is 12.5. The fourth-order valence-corrected chi connectivity index (χ4v) is 3.32. The van der Waals surface area contributed by atoms with E-state index in [0.29, 0.717) is 16.7 Å². The summed E-state index contributed by atoms with van der Waals surface area (Å²) in [5, 5.41) is 9.28. The molecule has 2 heterocycles. The molecule has 124 valence electrons. The molecule has 0 spiro atoms. The predicted molar refractivity (Wildman–Crippen MR) is 89.2 cm³/mol. The number of aliphatic carboxylic acids is 1. The van der Waals surface area contributed by atoms with Crippen molar-refractivity contribution >= 4 is 28.8 Å². The maximum atomic E-state index is 12.5. The van der Waals surface area contributed by atoms with E-state index in [9.17, 15) is 14.4 Å². The van der Waals surface area contributed by atoms with Crippen LogP contribution in [0.2, 0.25) is 0 Å². The number of carboxylic acids is 1. The Bertz CT molecular complexity index is 870. The van der Waals surface area contributed by atoms with Gasteiger partial charge in [-0.2, -0.15) is 0 Å². The Morgan fingerprint density at radius 2 is 2.00 bits per heavy atom. The van der Waals surface area contributed by atoms with Crippen molar-refractivity contribution in [3.8, 4) is 0 Å². The van der Waals surface area contributed by atoms with Gasteiger partial charge in [0.25, 0.3) is 5.56 Å². The molecule has 0 saturated carbocycles. The minimum absolute atomic E-state index is 0.149. The zero-order valence-electron chi connectivity index (χ0n) is 13.3. The van der Waals surface area contributed by atoms with Gasteiger partial charge in [-0.15, -0.1) is 11.8 Å². The topological polar surface area (TPSA) is 94.2 Å². The second-order valence-electron chi connectivity index (χ2n) is 5.30. The number of fused-ring (bicyclic) bond motifs is 1. The monoisotopic (exact) mass is 337 g/mol. The molecule has 0 amide bonds. The van der Waals surface area contributed by atoms with Crippen molar-refractivity contribution in [2.75, 3.05) is 5.75 Å². The summed E-state index contributed by atoms with van der Waals surface area (Å²) in [7, 11) is 2.96. The molecule has 23 heavy (non-hydrogen) atoms. The van der Waals surface area contributed by atoms with Crippen LogP contribution in [0.3, 0.4) is 0 Å². The van der Waals surface area contributed by atoms with Crippen molar-refractivity contribution in [3.05, 3.63) is 32.6 Å². The highest BCUT2D eigenvalue weighted by Crippen LogP contribution is 2.29. The summed E-state index contributed by atoms with van der Waals surface area (Å²) >= 11 is 1.10. The lowest BCUT2D eigenvalue weighted by molar-refractivity contribution is -0.133. The van der Waals surface area contributed by atoms with Crippen molar-refractivity contribution in [2.24, 2.45) is 14.1 Å². The number of unbranched alkanes of at least 4 members (excludes halogenated alkanes) is 1. The lowest BCUT2D eigenvalue weighted by atomic mass is 10.1. The summed E-state index contributed by atoms with van der Waals surface area (Å²) in [6.45, 7) is 2.06. The van der Waals surface area contributed by atoms with Crippen molar-refractivity contribution < 1.29 is 9.90 Å². The van der Waals surface area contributed by atoms with Gasteiger partial charge in [0, 0.05) is 25.2 Å². The molecule has 1 N–H and O–H groups in total. The van der Waals surface area contributed by atoms with Crippen LogP contribution >= 0.6 is 11.8 Å². The summed E-state index contributed by atoms with van der Waals surface area (Å²) in [5.41, 5.74) is 0.236. The molecule has 0 fully saturated rings. The molecule has 0 radical (unpaired) electrons. The van der Waals surface area contributed by atoms with Crippen molar-refractivity contribution in [1.29, 1.82) is 0 Å². The van der Waals surface area contributed by atoms with E-state index in [1.807, 2.05) is 0 Å². The van der Waals surface area contributed by atoms with Crippen molar-refractivity contribution in [1.82, 2.24) is 14.1 Å². The Balaban J connectivity index is 2.78. The Hall–Kier alpha value is -2.09. The molecule has 8 heteroatoms. The molecule has 0 saturated heterocycles. The van der Waals surface area contributed by atoms with E-state index in [-0.39, 0.29) is 11.4 Å². The van der Waals surface area contributed by atoms with Crippen molar-refractivity contribution in [2.45, 2.75) is 31.1 Å². The summed E-state index contributed by atoms with van der Waals surface area (Å²) in [4.78, 5) is 40.4. The van der Waals surface area contributed by atoms with E-state index in [0.717, 1.165) is 34.7 Å². The van der Waals surface area contributed by atoms with E-state index in [1.54, 1.807) is 13.2 Å². The zero-order valence-corrected chi connectivity index (χ0v) is 14.1. The first-order chi connectivity index (χ1) is 10.9. The first kappa shape index (κ1) is 17.3. The predicted octanol–water partition coefficient (Wildman–Crippen LogP) is 1.15. The molecular formula is C15H19N3O4S. The van der Waals surface area contributed by atoms with Gasteiger partial charge in [0.05, 0.1) is 11.1 Å². The first-order valence-electron chi connectivity index (χ1n) is 7.30. The third-order valence-corrected chi connectivity index (χ3v) is 4.78.